The Labute approximate surface area is 166 Å². The van der Waals surface area contributed by atoms with E-state index in [1.165, 1.54) is 0 Å². The lowest BCUT2D eigenvalue weighted by molar-refractivity contribution is -0.343. The SMILES string of the molecule is CC(CCCOP(=O)(O)OCCCC(F)(C(F)(F)F)C(F)(F)F)(C(F)(F)F)C(F)(F)F. The average molecular weight is 514 g/mol. The molecule has 0 aromatic carbocycles. The molecular formula is C13H16F13O4P. The summed E-state index contributed by atoms with van der Waals surface area (Å²) >= 11 is 0. The first kappa shape index (κ1) is 30.2. The van der Waals surface area contributed by atoms with Crippen LogP contribution in [-0.2, 0) is 13.6 Å². The molecule has 0 aromatic heterocycles. The van der Waals surface area contributed by atoms with E-state index in [0.29, 0.717) is 0 Å². The van der Waals surface area contributed by atoms with E-state index >= 15 is 0 Å². The molecule has 0 heterocycles. The molecule has 0 radical (unpaired) electrons. The van der Waals surface area contributed by atoms with Gasteiger partial charge in [0.15, 0.2) is 5.41 Å². The van der Waals surface area contributed by atoms with Gasteiger partial charge in [0.25, 0.3) is 5.67 Å². The van der Waals surface area contributed by atoms with E-state index in [4.69, 9.17) is 4.89 Å². The molecule has 0 fully saturated rings. The molecule has 0 aliphatic rings. The molecule has 188 valence electrons. The molecule has 0 amide bonds. The maximum Gasteiger partial charge on any atom is 0.472 e. The number of phosphoric ester groups is 1. The van der Waals surface area contributed by atoms with Gasteiger partial charge in [-0.3, -0.25) is 9.05 Å². The first-order chi connectivity index (χ1) is 13.4. The molecule has 0 rings (SSSR count). The number of halogens is 13. The van der Waals surface area contributed by atoms with Gasteiger partial charge in [-0.2, -0.15) is 52.7 Å². The molecule has 1 N–H and O–H groups in total. The molecule has 31 heavy (non-hydrogen) atoms. The maximum absolute atomic E-state index is 13.3. The molecular weight excluding hydrogens is 498 g/mol. The molecule has 1 unspecified atom stereocenters. The second kappa shape index (κ2) is 9.59. The summed E-state index contributed by atoms with van der Waals surface area (Å²) < 4.78 is 182. The minimum Gasteiger partial charge on any atom is -0.302 e. The highest BCUT2D eigenvalue weighted by Crippen LogP contribution is 2.53. The quantitative estimate of drug-likeness (QED) is 0.202. The molecule has 1 atom stereocenters. The van der Waals surface area contributed by atoms with E-state index in [-0.39, 0.29) is 6.92 Å². The molecule has 18 heteroatoms. The zero-order chi connectivity index (χ0) is 25.2. The maximum atomic E-state index is 13.3. The van der Waals surface area contributed by atoms with Crippen molar-refractivity contribution in [3.05, 3.63) is 0 Å². The molecule has 0 spiro atoms. The summed E-state index contributed by atoms with van der Waals surface area (Å²) in [5.41, 5.74) is -9.81. The van der Waals surface area contributed by atoms with E-state index in [1.807, 2.05) is 0 Å². The number of hydrogen-bond acceptors (Lipinski definition) is 3. The lowest BCUT2D eigenvalue weighted by Crippen LogP contribution is -2.53. The largest absolute Gasteiger partial charge is 0.472 e. The van der Waals surface area contributed by atoms with Crippen LogP contribution in [0.15, 0.2) is 0 Å². The summed E-state index contributed by atoms with van der Waals surface area (Å²) in [6.45, 7) is -2.73. The number of phosphoric acid groups is 1. The van der Waals surface area contributed by atoms with Crippen LogP contribution < -0.4 is 0 Å². The Morgan fingerprint density at radius 3 is 1.26 bits per heavy atom. The van der Waals surface area contributed by atoms with Gasteiger partial charge in [0.2, 0.25) is 0 Å². The summed E-state index contributed by atoms with van der Waals surface area (Å²) in [6.07, 6.45) is -30.5. The third-order valence-corrected chi connectivity index (χ3v) is 5.16. The molecule has 0 bridgehead atoms. The fraction of sp³-hybridized carbons (Fsp3) is 1.00. The molecule has 0 aliphatic heterocycles. The first-order valence-corrected chi connectivity index (χ1v) is 9.48. The van der Waals surface area contributed by atoms with Crippen molar-refractivity contribution in [1.29, 1.82) is 0 Å². The van der Waals surface area contributed by atoms with Gasteiger partial charge in [-0.1, -0.05) is 0 Å². The highest BCUT2D eigenvalue weighted by molar-refractivity contribution is 7.47. The fourth-order valence-electron chi connectivity index (χ4n) is 2.03. The third kappa shape index (κ3) is 7.63. The van der Waals surface area contributed by atoms with Crippen LogP contribution in [0.25, 0.3) is 0 Å². The Morgan fingerprint density at radius 2 is 0.968 bits per heavy atom. The van der Waals surface area contributed by atoms with Crippen LogP contribution in [0.3, 0.4) is 0 Å². The average Bonchev–Trinajstić information content (AvgIpc) is 2.50. The van der Waals surface area contributed by atoms with Crippen molar-refractivity contribution in [3.8, 4) is 0 Å². The van der Waals surface area contributed by atoms with Crippen LogP contribution in [0.1, 0.15) is 32.6 Å². The number of hydrogen-bond donors (Lipinski definition) is 1. The Balaban J connectivity index is 4.71. The molecule has 0 saturated carbocycles. The third-order valence-electron chi connectivity index (χ3n) is 4.15. The van der Waals surface area contributed by atoms with Gasteiger partial charge in [-0.15, -0.1) is 0 Å². The highest BCUT2D eigenvalue weighted by atomic mass is 31.2. The van der Waals surface area contributed by atoms with Gasteiger partial charge in [0, 0.05) is 6.42 Å². The molecule has 0 aromatic rings. The van der Waals surface area contributed by atoms with Crippen molar-refractivity contribution in [2.45, 2.75) is 63.0 Å². The van der Waals surface area contributed by atoms with Crippen LogP contribution in [0.5, 0.6) is 0 Å². The van der Waals surface area contributed by atoms with Crippen molar-refractivity contribution in [2.24, 2.45) is 5.41 Å². The topological polar surface area (TPSA) is 55.8 Å². The summed E-state index contributed by atoms with van der Waals surface area (Å²) in [4.78, 5) is 9.14. The van der Waals surface area contributed by atoms with E-state index in [2.05, 4.69) is 9.05 Å². The van der Waals surface area contributed by atoms with Crippen molar-refractivity contribution in [2.75, 3.05) is 13.2 Å². The van der Waals surface area contributed by atoms with Gasteiger partial charge in [0.1, 0.15) is 0 Å². The molecule has 0 saturated heterocycles. The van der Waals surface area contributed by atoms with Crippen LogP contribution >= 0.6 is 7.82 Å². The Kier molecular flexibility index (Phi) is 9.35. The number of alkyl halides is 13. The predicted molar refractivity (Wildman–Crippen MR) is 76.4 cm³/mol. The van der Waals surface area contributed by atoms with Gasteiger partial charge < -0.3 is 4.89 Å². The minimum atomic E-state index is -6.35. The Bertz CT molecular complexity index is 545. The predicted octanol–water partition coefficient (Wildman–Crippen LogP) is 6.64. The van der Waals surface area contributed by atoms with Crippen LogP contribution in [0, 0.1) is 5.41 Å². The summed E-state index contributed by atoms with van der Waals surface area (Å²) in [5.74, 6) is 0. The van der Waals surface area contributed by atoms with Crippen molar-refractivity contribution in [3.63, 3.8) is 0 Å². The monoisotopic (exact) mass is 514 g/mol. The standard InChI is InChI=1S/C13H16F13O4P/c1-8(10(15,16)17,11(18,19)20)4-2-6-29-31(27,28)30-7-3-5-9(14,12(21,22)23)13(24,25)26/h2-7H2,1H3,(H,27,28). The van der Waals surface area contributed by atoms with E-state index in [9.17, 15) is 61.6 Å². The lowest BCUT2D eigenvalue weighted by atomic mass is 9.84. The van der Waals surface area contributed by atoms with Crippen LogP contribution in [0.4, 0.5) is 57.1 Å². The number of rotatable bonds is 10. The normalized spacial score (nSPS) is 17.0. The van der Waals surface area contributed by atoms with Crippen LogP contribution in [-0.4, -0.2) is 48.5 Å². The zero-order valence-electron chi connectivity index (χ0n) is 15.3. The zero-order valence-corrected chi connectivity index (χ0v) is 16.2. The highest BCUT2D eigenvalue weighted by Gasteiger charge is 2.71. The first-order valence-electron chi connectivity index (χ1n) is 7.99. The summed E-state index contributed by atoms with van der Waals surface area (Å²) in [6, 6.07) is 0. The van der Waals surface area contributed by atoms with Crippen molar-refractivity contribution in [1.82, 2.24) is 0 Å². The van der Waals surface area contributed by atoms with Gasteiger partial charge >= 0.3 is 32.5 Å². The summed E-state index contributed by atoms with van der Waals surface area (Å²) in [7, 11) is -5.27. The lowest BCUT2D eigenvalue weighted by Gasteiger charge is -2.33. The van der Waals surface area contributed by atoms with Crippen molar-refractivity contribution >= 4 is 7.82 Å². The van der Waals surface area contributed by atoms with Gasteiger partial charge in [0.05, 0.1) is 13.2 Å². The van der Waals surface area contributed by atoms with E-state index in [0.717, 1.165) is 0 Å². The van der Waals surface area contributed by atoms with Gasteiger partial charge in [-0.05, 0) is 26.2 Å². The molecule has 0 aliphatic carbocycles. The smallest absolute Gasteiger partial charge is 0.302 e. The Morgan fingerprint density at radius 1 is 0.645 bits per heavy atom. The van der Waals surface area contributed by atoms with Crippen LogP contribution in [0.2, 0.25) is 0 Å². The second-order valence-corrected chi connectivity index (χ2v) is 7.92. The molecule has 4 nitrogen and oxygen atoms in total. The fourth-order valence-corrected chi connectivity index (χ4v) is 2.82. The van der Waals surface area contributed by atoms with Gasteiger partial charge in [-0.25, -0.2) is 8.96 Å². The minimum absolute atomic E-state index is 0.160. The summed E-state index contributed by atoms with van der Waals surface area (Å²) in [5, 5.41) is 0. The Hall–Kier alpha value is -0.800. The van der Waals surface area contributed by atoms with E-state index < -0.39 is 82.5 Å². The van der Waals surface area contributed by atoms with E-state index in [1.54, 1.807) is 0 Å². The second-order valence-electron chi connectivity index (χ2n) is 6.47. The van der Waals surface area contributed by atoms with Crippen molar-refractivity contribution < 1.29 is 75.6 Å².